The van der Waals surface area contributed by atoms with Gasteiger partial charge in [0, 0.05) is 23.7 Å². The Morgan fingerprint density at radius 3 is 2.61 bits per heavy atom. The number of esters is 1. The molecule has 4 rings (SSSR count). The van der Waals surface area contributed by atoms with Crippen LogP contribution in [0.5, 0.6) is 0 Å². The quantitative estimate of drug-likeness (QED) is 0.427. The molecule has 0 aromatic carbocycles. The van der Waals surface area contributed by atoms with Crippen LogP contribution in [0.3, 0.4) is 0 Å². The fraction of sp³-hybridized carbons (Fsp3) is 0.864. The minimum Gasteiger partial charge on any atom is -0.463 e. The second-order valence-corrected chi connectivity index (χ2v) is 10.3. The topological polar surface area (TPSA) is 107 Å². The van der Waals surface area contributed by atoms with Gasteiger partial charge in [0.2, 0.25) is 0 Å². The fourth-order valence-corrected chi connectivity index (χ4v) is 7.39. The number of ether oxygens (including phenoxy) is 1. The molecule has 4 aliphatic carbocycles. The first-order valence-electron chi connectivity index (χ1n) is 10.6. The molecule has 2 bridgehead atoms. The molecule has 0 aromatic heterocycles. The SMILES string of the molecule is CC(=O)OC[C@@]1(O)CC[C@]23C[C@H]1C=C2[C@@H](O)C[C@H]1[C@](C)(CO)[C@H](O)CC[C@@]13C. The number of carbonyl (C=O) groups is 1. The van der Waals surface area contributed by atoms with Crippen LogP contribution in [0.4, 0.5) is 0 Å². The molecule has 6 nitrogen and oxygen atoms in total. The van der Waals surface area contributed by atoms with E-state index in [9.17, 15) is 25.2 Å². The van der Waals surface area contributed by atoms with Crippen molar-refractivity contribution in [2.75, 3.05) is 13.2 Å². The molecule has 3 saturated carbocycles. The summed E-state index contributed by atoms with van der Waals surface area (Å²) in [5.41, 5.74) is -1.11. The van der Waals surface area contributed by atoms with Crippen LogP contribution in [0.25, 0.3) is 0 Å². The Labute approximate surface area is 166 Å². The molecule has 0 unspecified atom stereocenters. The maximum atomic E-state index is 11.3. The highest BCUT2D eigenvalue weighted by atomic mass is 16.5. The summed E-state index contributed by atoms with van der Waals surface area (Å²) in [6, 6.07) is 0. The zero-order valence-electron chi connectivity index (χ0n) is 17.1. The van der Waals surface area contributed by atoms with Gasteiger partial charge in [-0.3, -0.25) is 4.79 Å². The van der Waals surface area contributed by atoms with Gasteiger partial charge in [-0.15, -0.1) is 0 Å². The van der Waals surface area contributed by atoms with Crippen molar-refractivity contribution in [3.8, 4) is 0 Å². The molecule has 0 aliphatic heterocycles. The predicted octanol–water partition coefficient (Wildman–Crippen LogP) is 1.55. The van der Waals surface area contributed by atoms with E-state index >= 15 is 0 Å². The van der Waals surface area contributed by atoms with E-state index < -0.39 is 29.2 Å². The molecule has 0 aromatic rings. The Bertz CT molecular complexity index is 705. The maximum absolute atomic E-state index is 11.3. The van der Waals surface area contributed by atoms with Crippen LogP contribution in [0, 0.1) is 28.1 Å². The van der Waals surface area contributed by atoms with E-state index in [-0.39, 0.29) is 35.9 Å². The van der Waals surface area contributed by atoms with Crippen LogP contribution in [-0.4, -0.2) is 57.4 Å². The predicted molar refractivity (Wildman–Crippen MR) is 102 cm³/mol. The van der Waals surface area contributed by atoms with Crippen LogP contribution in [0.15, 0.2) is 11.6 Å². The summed E-state index contributed by atoms with van der Waals surface area (Å²) in [4.78, 5) is 11.3. The summed E-state index contributed by atoms with van der Waals surface area (Å²) in [6.45, 7) is 5.44. The van der Waals surface area contributed by atoms with Crippen molar-refractivity contribution >= 4 is 5.97 Å². The van der Waals surface area contributed by atoms with Crippen LogP contribution in [0.2, 0.25) is 0 Å². The number of fused-ring (bicyclic) bond motifs is 2. The minimum absolute atomic E-state index is 0.000637. The summed E-state index contributed by atoms with van der Waals surface area (Å²) in [6.07, 6.45) is 4.79. The number of hydrogen-bond acceptors (Lipinski definition) is 6. The molecule has 0 heterocycles. The molecular weight excluding hydrogens is 360 g/mol. The summed E-state index contributed by atoms with van der Waals surface area (Å²) in [5.74, 6) is -0.559. The third kappa shape index (κ3) is 2.44. The lowest BCUT2D eigenvalue weighted by molar-refractivity contribution is -0.207. The number of carbonyl (C=O) groups excluding carboxylic acids is 1. The Morgan fingerprint density at radius 2 is 1.96 bits per heavy atom. The van der Waals surface area contributed by atoms with Gasteiger partial charge in [0.25, 0.3) is 0 Å². The summed E-state index contributed by atoms with van der Waals surface area (Å²) < 4.78 is 5.16. The highest BCUT2D eigenvalue weighted by Gasteiger charge is 2.69. The first kappa shape index (κ1) is 20.3. The lowest BCUT2D eigenvalue weighted by atomic mass is 9.39. The number of rotatable bonds is 3. The Kier molecular flexibility index (Phi) is 4.55. The van der Waals surface area contributed by atoms with Gasteiger partial charge in [-0.05, 0) is 55.4 Å². The zero-order valence-corrected chi connectivity index (χ0v) is 17.1. The van der Waals surface area contributed by atoms with E-state index in [2.05, 4.69) is 6.92 Å². The fourth-order valence-electron chi connectivity index (χ4n) is 7.39. The summed E-state index contributed by atoms with van der Waals surface area (Å²) >= 11 is 0. The lowest BCUT2D eigenvalue weighted by Gasteiger charge is -2.66. The van der Waals surface area contributed by atoms with Gasteiger partial charge >= 0.3 is 5.97 Å². The van der Waals surface area contributed by atoms with Crippen LogP contribution >= 0.6 is 0 Å². The van der Waals surface area contributed by atoms with E-state index in [1.807, 2.05) is 13.0 Å². The lowest BCUT2D eigenvalue weighted by Crippen LogP contribution is -2.64. The monoisotopic (exact) mass is 394 g/mol. The van der Waals surface area contributed by atoms with Crippen molar-refractivity contribution in [2.24, 2.45) is 28.1 Å². The molecule has 1 spiro atoms. The second kappa shape index (κ2) is 6.27. The normalized spacial score (nSPS) is 52.5. The first-order valence-corrected chi connectivity index (χ1v) is 10.6. The Balaban J connectivity index is 1.72. The van der Waals surface area contributed by atoms with E-state index in [0.29, 0.717) is 19.3 Å². The van der Waals surface area contributed by atoms with Crippen molar-refractivity contribution in [1.29, 1.82) is 0 Å². The summed E-state index contributed by atoms with van der Waals surface area (Å²) in [5, 5.41) is 43.2. The molecule has 28 heavy (non-hydrogen) atoms. The van der Waals surface area contributed by atoms with Gasteiger partial charge in [0.05, 0.1) is 18.8 Å². The van der Waals surface area contributed by atoms with E-state index in [4.69, 9.17) is 4.74 Å². The Hall–Kier alpha value is -0.950. The molecular formula is C22H34O6. The van der Waals surface area contributed by atoms with Crippen molar-refractivity contribution in [1.82, 2.24) is 0 Å². The van der Waals surface area contributed by atoms with Crippen molar-refractivity contribution < 1.29 is 30.0 Å². The van der Waals surface area contributed by atoms with Gasteiger partial charge in [0.15, 0.2) is 0 Å². The van der Waals surface area contributed by atoms with Gasteiger partial charge in [-0.1, -0.05) is 19.9 Å². The molecule has 3 fully saturated rings. The Morgan fingerprint density at radius 1 is 1.25 bits per heavy atom. The van der Waals surface area contributed by atoms with Crippen molar-refractivity contribution in [3.63, 3.8) is 0 Å². The van der Waals surface area contributed by atoms with Gasteiger partial charge in [-0.2, -0.15) is 0 Å². The third-order valence-corrected chi connectivity index (χ3v) is 9.22. The molecule has 0 amide bonds. The van der Waals surface area contributed by atoms with Gasteiger partial charge in [-0.25, -0.2) is 0 Å². The average molecular weight is 395 g/mol. The highest BCUT2D eigenvalue weighted by molar-refractivity contribution is 5.66. The first-order chi connectivity index (χ1) is 13.0. The largest absolute Gasteiger partial charge is 0.463 e. The van der Waals surface area contributed by atoms with Gasteiger partial charge < -0.3 is 25.2 Å². The molecule has 0 saturated heterocycles. The van der Waals surface area contributed by atoms with E-state index in [1.54, 1.807) is 0 Å². The van der Waals surface area contributed by atoms with E-state index in [1.165, 1.54) is 6.92 Å². The molecule has 6 heteroatoms. The molecule has 8 atom stereocenters. The highest BCUT2D eigenvalue weighted by Crippen LogP contribution is 2.73. The zero-order chi connectivity index (χ0) is 20.5. The van der Waals surface area contributed by atoms with Crippen molar-refractivity contribution in [2.45, 2.75) is 77.1 Å². The van der Waals surface area contributed by atoms with Crippen LogP contribution < -0.4 is 0 Å². The average Bonchev–Trinajstić information content (AvgIpc) is 3.02. The van der Waals surface area contributed by atoms with Crippen LogP contribution in [-0.2, 0) is 9.53 Å². The maximum Gasteiger partial charge on any atom is 0.302 e. The van der Waals surface area contributed by atoms with Crippen molar-refractivity contribution in [3.05, 3.63) is 11.6 Å². The molecule has 158 valence electrons. The number of hydrogen-bond donors (Lipinski definition) is 4. The van der Waals surface area contributed by atoms with Gasteiger partial charge in [0.1, 0.15) is 12.2 Å². The third-order valence-electron chi connectivity index (χ3n) is 9.22. The smallest absolute Gasteiger partial charge is 0.302 e. The van der Waals surface area contributed by atoms with E-state index in [0.717, 1.165) is 24.8 Å². The molecule has 4 N–H and O–H groups in total. The van der Waals surface area contributed by atoms with Crippen LogP contribution in [0.1, 0.15) is 59.3 Å². The second-order valence-electron chi connectivity index (χ2n) is 10.3. The molecule has 4 aliphatic rings. The number of aliphatic hydroxyl groups excluding tert-OH is 3. The summed E-state index contributed by atoms with van der Waals surface area (Å²) in [7, 11) is 0. The number of aliphatic hydroxyl groups is 4. The minimum atomic E-state index is -1.10. The standard InChI is InChI=1S/C22H34O6/c1-13(24)28-12-22(27)7-6-21-10-14(22)8-15(21)16(25)9-17-19(2,11-23)18(26)4-5-20(17,21)3/h8,14,16-18,23,25-27H,4-7,9-12H2,1-3H3/t14-,16+,17+,18-,19+,20+,21+,22+/m1/s1. The molecule has 0 radical (unpaired) electrons.